The van der Waals surface area contributed by atoms with Crippen molar-refractivity contribution in [2.75, 3.05) is 19.7 Å². The van der Waals surface area contributed by atoms with Gasteiger partial charge in [0.05, 0.1) is 41.5 Å². The van der Waals surface area contributed by atoms with Crippen LogP contribution in [0.3, 0.4) is 0 Å². The minimum absolute atomic E-state index is 0.131. The van der Waals surface area contributed by atoms with Gasteiger partial charge in [0, 0.05) is 41.4 Å². The van der Waals surface area contributed by atoms with Crippen molar-refractivity contribution >= 4 is 45.8 Å². The molecular weight excluding hydrogens is 551 g/mol. The summed E-state index contributed by atoms with van der Waals surface area (Å²) in [6, 6.07) is 16.3. The zero-order chi connectivity index (χ0) is 27.6. The van der Waals surface area contributed by atoms with Gasteiger partial charge in [-0.15, -0.1) is 0 Å². The normalized spacial score (nSPS) is 17.4. The van der Waals surface area contributed by atoms with Gasteiger partial charge in [0.1, 0.15) is 12.4 Å². The standard InChI is InChI=1S/C30H28Cl2N4O4/c31-23-3-1-4-24(32)22(23)18-40-29-6-2-5-25(34-29)19-9-12-35(13-10-19)17-28-33-26-8-7-20(30(37)38)15-27(26)36(28)16-21-11-14-39-21/h1-9,15,21H,10-14,16-18H2,(H,37,38)/t21-/m0/s1. The molecule has 0 radical (unpaired) electrons. The molecule has 2 aliphatic rings. The molecule has 40 heavy (non-hydrogen) atoms. The van der Waals surface area contributed by atoms with E-state index in [9.17, 15) is 9.90 Å². The topological polar surface area (TPSA) is 89.7 Å². The minimum Gasteiger partial charge on any atom is -0.478 e. The molecule has 6 rings (SSSR count). The van der Waals surface area contributed by atoms with Crippen molar-refractivity contribution in [1.82, 2.24) is 19.4 Å². The molecule has 0 saturated carbocycles. The average Bonchev–Trinajstić information content (AvgIpc) is 3.27. The van der Waals surface area contributed by atoms with Crippen LogP contribution in [0, 0.1) is 0 Å². The number of benzene rings is 2. The van der Waals surface area contributed by atoms with E-state index < -0.39 is 5.97 Å². The van der Waals surface area contributed by atoms with Gasteiger partial charge >= 0.3 is 5.97 Å². The quantitative estimate of drug-likeness (QED) is 0.257. The van der Waals surface area contributed by atoms with Crippen LogP contribution in [-0.4, -0.2) is 56.3 Å². The number of imidazole rings is 1. The van der Waals surface area contributed by atoms with Gasteiger partial charge in [0.25, 0.3) is 0 Å². The number of carbonyl (C=O) groups is 1. The highest BCUT2D eigenvalue weighted by Crippen LogP contribution is 2.28. The zero-order valence-electron chi connectivity index (χ0n) is 21.7. The Morgan fingerprint density at radius 1 is 1.10 bits per heavy atom. The fourth-order valence-electron chi connectivity index (χ4n) is 5.04. The average molecular weight is 579 g/mol. The number of aromatic nitrogens is 3. The Bertz CT molecular complexity index is 1580. The van der Waals surface area contributed by atoms with Crippen LogP contribution in [-0.2, 0) is 24.4 Å². The lowest BCUT2D eigenvalue weighted by Gasteiger charge is -2.29. The van der Waals surface area contributed by atoms with E-state index in [0.29, 0.717) is 29.0 Å². The molecule has 1 atom stereocenters. The monoisotopic (exact) mass is 578 g/mol. The van der Waals surface area contributed by atoms with Crippen LogP contribution in [0.5, 0.6) is 5.88 Å². The van der Waals surface area contributed by atoms with E-state index in [4.69, 9.17) is 42.6 Å². The van der Waals surface area contributed by atoms with Gasteiger partial charge in [-0.1, -0.05) is 41.4 Å². The summed E-state index contributed by atoms with van der Waals surface area (Å²) in [4.78, 5) is 23.5. The maximum atomic E-state index is 11.6. The van der Waals surface area contributed by atoms with Gasteiger partial charge < -0.3 is 19.1 Å². The first kappa shape index (κ1) is 26.8. The molecule has 2 aromatic heterocycles. The molecule has 1 fully saturated rings. The molecule has 0 bridgehead atoms. The minimum atomic E-state index is -0.944. The first-order valence-corrected chi connectivity index (χ1v) is 14.0. The van der Waals surface area contributed by atoms with Crippen LogP contribution in [0.1, 0.15) is 40.3 Å². The molecule has 206 valence electrons. The van der Waals surface area contributed by atoms with E-state index in [1.807, 2.05) is 18.2 Å². The van der Waals surface area contributed by atoms with Crippen molar-refractivity contribution in [2.24, 2.45) is 0 Å². The Labute approximate surface area is 241 Å². The maximum Gasteiger partial charge on any atom is 0.335 e. The predicted octanol–water partition coefficient (Wildman–Crippen LogP) is 6.09. The molecule has 4 heterocycles. The number of pyridine rings is 1. The van der Waals surface area contributed by atoms with Crippen molar-refractivity contribution in [3.05, 3.63) is 93.4 Å². The highest BCUT2D eigenvalue weighted by Gasteiger charge is 2.24. The number of fused-ring (bicyclic) bond motifs is 1. The van der Waals surface area contributed by atoms with Gasteiger partial charge in [-0.3, -0.25) is 4.90 Å². The number of nitrogens with zero attached hydrogens (tertiary/aromatic N) is 4. The van der Waals surface area contributed by atoms with E-state index in [1.165, 1.54) is 5.57 Å². The summed E-state index contributed by atoms with van der Waals surface area (Å²) in [5, 5.41) is 10.6. The fraction of sp³-hybridized carbons (Fsp3) is 0.300. The van der Waals surface area contributed by atoms with Crippen molar-refractivity contribution in [1.29, 1.82) is 0 Å². The van der Waals surface area contributed by atoms with Gasteiger partial charge in [-0.05, 0) is 54.8 Å². The van der Waals surface area contributed by atoms with Crippen molar-refractivity contribution < 1.29 is 19.4 Å². The summed E-state index contributed by atoms with van der Waals surface area (Å²) in [6.45, 7) is 3.92. The van der Waals surface area contributed by atoms with Crippen LogP contribution in [0.15, 0.2) is 60.7 Å². The van der Waals surface area contributed by atoms with E-state index in [-0.39, 0.29) is 18.3 Å². The molecule has 2 aliphatic heterocycles. The smallest absolute Gasteiger partial charge is 0.335 e. The van der Waals surface area contributed by atoms with E-state index in [1.54, 1.807) is 36.4 Å². The number of hydrogen-bond donors (Lipinski definition) is 1. The molecule has 4 aromatic rings. The Balaban J connectivity index is 1.15. The molecule has 8 nitrogen and oxygen atoms in total. The number of rotatable bonds is 9. The van der Waals surface area contributed by atoms with Crippen LogP contribution >= 0.6 is 23.2 Å². The second-order valence-electron chi connectivity index (χ2n) is 9.99. The Morgan fingerprint density at radius 2 is 1.90 bits per heavy atom. The number of hydrogen-bond acceptors (Lipinski definition) is 6. The highest BCUT2D eigenvalue weighted by molar-refractivity contribution is 6.35. The van der Waals surface area contributed by atoms with E-state index in [2.05, 4.69) is 15.5 Å². The maximum absolute atomic E-state index is 11.6. The van der Waals surface area contributed by atoms with Crippen molar-refractivity contribution in [3.63, 3.8) is 0 Å². The summed E-state index contributed by atoms with van der Waals surface area (Å²) >= 11 is 12.5. The number of aromatic carboxylic acids is 1. The van der Waals surface area contributed by atoms with Crippen molar-refractivity contribution in [3.8, 4) is 5.88 Å². The third-order valence-corrected chi connectivity index (χ3v) is 8.10. The van der Waals surface area contributed by atoms with Gasteiger partial charge in [-0.2, -0.15) is 0 Å². The lowest BCUT2D eigenvalue weighted by molar-refractivity contribution is -0.0591. The van der Waals surface area contributed by atoms with Crippen LogP contribution in [0.4, 0.5) is 0 Å². The highest BCUT2D eigenvalue weighted by atomic mass is 35.5. The molecular formula is C30H28Cl2N4O4. The molecule has 0 spiro atoms. The largest absolute Gasteiger partial charge is 0.478 e. The van der Waals surface area contributed by atoms with E-state index in [0.717, 1.165) is 60.7 Å². The lowest BCUT2D eigenvalue weighted by atomic mass is 10.0. The van der Waals surface area contributed by atoms with Crippen LogP contribution < -0.4 is 4.74 Å². The number of carboxylic acid groups (broad SMARTS) is 1. The van der Waals surface area contributed by atoms with Gasteiger partial charge in [0.15, 0.2) is 0 Å². The van der Waals surface area contributed by atoms with Crippen LogP contribution in [0.25, 0.3) is 16.6 Å². The second-order valence-corrected chi connectivity index (χ2v) is 10.8. The second kappa shape index (κ2) is 11.6. The van der Waals surface area contributed by atoms with Crippen molar-refractivity contribution in [2.45, 2.75) is 38.6 Å². The molecule has 2 aromatic carbocycles. The van der Waals surface area contributed by atoms with Crippen LogP contribution in [0.2, 0.25) is 10.0 Å². The number of halogens is 2. The Kier molecular flexibility index (Phi) is 7.76. The summed E-state index contributed by atoms with van der Waals surface area (Å²) in [5.74, 6) is 0.488. The van der Waals surface area contributed by atoms with Gasteiger partial charge in [0.2, 0.25) is 5.88 Å². The third-order valence-electron chi connectivity index (χ3n) is 7.39. The zero-order valence-corrected chi connectivity index (χ0v) is 23.2. The first-order chi connectivity index (χ1) is 19.4. The molecule has 10 heteroatoms. The Hall–Kier alpha value is -3.43. The lowest BCUT2D eigenvalue weighted by Crippen LogP contribution is -2.33. The predicted molar refractivity (Wildman–Crippen MR) is 154 cm³/mol. The number of carboxylic acids is 1. The fourth-order valence-corrected chi connectivity index (χ4v) is 5.55. The summed E-state index contributed by atoms with van der Waals surface area (Å²) in [5.41, 5.74) is 4.68. The molecule has 0 unspecified atom stereocenters. The summed E-state index contributed by atoms with van der Waals surface area (Å²) < 4.78 is 13.7. The number of ether oxygens (including phenoxy) is 2. The molecule has 1 N–H and O–H groups in total. The SMILES string of the molecule is O=C(O)c1ccc2nc(CN3CC=C(c4cccc(OCc5c(Cl)cccc5Cl)n4)CC3)n(C[C@@H]3CCO3)c2c1. The Morgan fingerprint density at radius 3 is 2.60 bits per heavy atom. The first-order valence-electron chi connectivity index (χ1n) is 13.2. The van der Waals surface area contributed by atoms with E-state index >= 15 is 0 Å². The molecule has 1 saturated heterocycles. The summed E-state index contributed by atoms with van der Waals surface area (Å²) in [6.07, 6.45) is 4.16. The molecule has 0 aliphatic carbocycles. The molecule has 0 amide bonds. The summed E-state index contributed by atoms with van der Waals surface area (Å²) in [7, 11) is 0. The van der Waals surface area contributed by atoms with Gasteiger partial charge in [-0.25, -0.2) is 14.8 Å². The third kappa shape index (κ3) is 5.71.